The van der Waals surface area contributed by atoms with Crippen molar-refractivity contribution in [2.75, 3.05) is 12.0 Å². The van der Waals surface area contributed by atoms with Gasteiger partial charge in [-0.25, -0.2) is 14.5 Å². The molecule has 2 atom stereocenters. The van der Waals surface area contributed by atoms with Crippen LogP contribution in [0, 0.1) is 0 Å². The van der Waals surface area contributed by atoms with Crippen molar-refractivity contribution in [3.8, 4) is 11.3 Å². The normalized spacial score (nSPS) is 13.9. The molecule has 0 saturated heterocycles. The first-order valence-corrected chi connectivity index (χ1v) is 12.0. The topological polar surface area (TPSA) is 91.9 Å². The quantitative estimate of drug-likeness (QED) is 0.345. The van der Waals surface area contributed by atoms with Gasteiger partial charge in [0.2, 0.25) is 5.95 Å². The van der Waals surface area contributed by atoms with Crippen LogP contribution in [0.1, 0.15) is 59.1 Å². The van der Waals surface area contributed by atoms with E-state index in [0.717, 1.165) is 53.9 Å². The van der Waals surface area contributed by atoms with Crippen molar-refractivity contribution in [3.63, 3.8) is 0 Å². The standard InChI is InChI=1S/C26H36N8/c1-6-10-19(3)29-18-30-22(13-15-27-5)25-24(23-12-8-9-17-34(23)33-25)21-14-16-28-26(32-21)31-20(4)11-7-2/h8-9,12-17,19-20,29H,5-7,10-11,18H2,1-4H3,(H,28,31,32)/b15-13-,30-22+. The number of hydrogen-bond donors (Lipinski definition) is 2. The maximum absolute atomic E-state index is 4.86. The number of aliphatic imine (C=N–C) groups is 2. The third-order valence-corrected chi connectivity index (χ3v) is 5.54. The van der Waals surface area contributed by atoms with Gasteiger partial charge in [0.25, 0.3) is 0 Å². The fraction of sp³-hybridized carbons (Fsp3) is 0.423. The molecule has 0 aliphatic heterocycles. The first-order valence-electron chi connectivity index (χ1n) is 12.0. The molecule has 2 N–H and O–H groups in total. The first kappa shape index (κ1) is 25.2. The number of pyridine rings is 1. The summed E-state index contributed by atoms with van der Waals surface area (Å²) in [4.78, 5) is 18.0. The molecule has 0 amide bonds. The molecule has 0 aliphatic carbocycles. The summed E-state index contributed by atoms with van der Waals surface area (Å²) >= 11 is 0. The number of nitrogens with zero attached hydrogens (tertiary/aromatic N) is 6. The van der Waals surface area contributed by atoms with Crippen LogP contribution in [-0.4, -0.2) is 50.8 Å². The van der Waals surface area contributed by atoms with E-state index in [-0.39, 0.29) is 0 Å². The molecule has 0 saturated carbocycles. The summed E-state index contributed by atoms with van der Waals surface area (Å²) in [7, 11) is 0. The maximum atomic E-state index is 4.86. The lowest BCUT2D eigenvalue weighted by Crippen LogP contribution is -2.26. The molecule has 0 aliphatic rings. The van der Waals surface area contributed by atoms with E-state index in [4.69, 9.17) is 15.1 Å². The van der Waals surface area contributed by atoms with E-state index in [2.05, 4.69) is 55.0 Å². The number of fused-ring (bicyclic) bond motifs is 1. The summed E-state index contributed by atoms with van der Waals surface area (Å²) in [5.74, 6) is 0.608. The first-order chi connectivity index (χ1) is 16.6. The molecule has 0 aromatic carbocycles. The van der Waals surface area contributed by atoms with Gasteiger partial charge in [0, 0.05) is 30.7 Å². The maximum Gasteiger partial charge on any atom is 0.223 e. The van der Waals surface area contributed by atoms with E-state index >= 15 is 0 Å². The Morgan fingerprint density at radius 3 is 2.71 bits per heavy atom. The fourth-order valence-corrected chi connectivity index (χ4v) is 3.88. The lowest BCUT2D eigenvalue weighted by Gasteiger charge is -2.13. The molecular formula is C26H36N8. The third-order valence-electron chi connectivity index (χ3n) is 5.54. The van der Waals surface area contributed by atoms with E-state index in [1.807, 2.05) is 41.1 Å². The Kier molecular flexibility index (Phi) is 9.46. The Morgan fingerprint density at radius 2 is 1.94 bits per heavy atom. The number of rotatable bonds is 13. The van der Waals surface area contributed by atoms with Crippen LogP contribution in [0.2, 0.25) is 0 Å². The molecule has 34 heavy (non-hydrogen) atoms. The zero-order valence-corrected chi connectivity index (χ0v) is 20.7. The number of anilines is 1. The lowest BCUT2D eigenvalue weighted by molar-refractivity contribution is 0.519. The van der Waals surface area contributed by atoms with Crippen molar-refractivity contribution >= 4 is 23.9 Å². The Balaban J connectivity index is 2.06. The van der Waals surface area contributed by atoms with Crippen molar-refractivity contribution in [1.29, 1.82) is 0 Å². The molecule has 0 bridgehead atoms. The van der Waals surface area contributed by atoms with Gasteiger partial charge in [-0.05, 0) is 57.7 Å². The predicted octanol–water partition coefficient (Wildman–Crippen LogP) is 5.13. The van der Waals surface area contributed by atoms with Crippen LogP contribution in [-0.2, 0) is 0 Å². The van der Waals surface area contributed by atoms with Crippen LogP contribution >= 0.6 is 0 Å². The zero-order chi connectivity index (χ0) is 24.3. The molecule has 8 heteroatoms. The van der Waals surface area contributed by atoms with Crippen molar-refractivity contribution in [3.05, 3.63) is 54.6 Å². The van der Waals surface area contributed by atoms with Gasteiger partial charge in [-0.3, -0.25) is 15.3 Å². The summed E-state index contributed by atoms with van der Waals surface area (Å²) < 4.78 is 1.86. The predicted molar refractivity (Wildman–Crippen MR) is 142 cm³/mol. The average molecular weight is 461 g/mol. The molecule has 8 nitrogen and oxygen atoms in total. The Bertz CT molecular complexity index is 1130. The fourth-order valence-electron chi connectivity index (χ4n) is 3.88. The highest BCUT2D eigenvalue weighted by Gasteiger charge is 2.20. The van der Waals surface area contributed by atoms with E-state index in [1.54, 1.807) is 12.4 Å². The molecule has 0 fully saturated rings. The van der Waals surface area contributed by atoms with Gasteiger partial charge >= 0.3 is 0 Å². The van der Waals surface area contributed by atoms with E-state index in [1.165, 1.54) is 0 Å². The third kappa shape index (κ3) is 6.57. The average Bonchev–Trinajstić information content (AvgIpc) is 3.21. The summed E-state index contributed by atoms with van der Waals surface area (Å²) in [6, 6.07) is 8.59. The molecule has 0 radical (unpaired) electrons. The van der Waals surface area contributed by atoms with Gasteiger partial charge in [-0.1, -0.05) is 32.8 Å². The van der Waals surface area contributed by atoms with Gasteiger partial charge < -0.3 is 5.32 Å². The molecule has 2 unspecified atom stereocenters. The second-order valence-electron chi connectivity index (χ2n) is 8.45. The lowest BCUT2D eigenvalue weighted by atomic mass is 10.1. The van der Waals surface area contributed by atoms with E-state index in [0.29, 0.717) is 24.7 Å². The highest BCUT2D eigenvalue weighted by molar-refractivity contribution is 6.13. The highest BCUT2D eigenvalue weighted by atomic mass is 15.2. The second kappa shape index (κ2) is 12.7. The van der Waals surface area contributed by atoms with Gasteiger partial charge in [0.15, 0.2) is 0 Å². The molecule has 3 rings (SSSR count). The monoisotopic (exact) mass is 460 g/mol. The Morgan fingerprint density at radius 1 is 1.15 bits per heavy atom. The largest absolute Gasteiger partial charge is 0.352 e. The minimum Gasteiger partial charge on any atom is -0.352 e. The zero-order valence-electron chi connectivity index (χ0n) is 20.7. The minimum absolute atomic E-state index is 0.290. The van der Waals surface area contributed by atoms with E-state index in [9.17, 15) is 0 Å². The summed E-state index contributed by atoms with van der Waals surface area (Å²) in [6.07, 6.45) is 11.6. The summed E-state index contributed by atoms with van der Waals surface area (Å²) in [5, 5.41) is 11.7. The molecule has 0 spiro atoms. The van der Waals surface area contributed by atoms with Crippen molar-refractivity contribution in [2.45, 2.75) is 65.5 Å². The van der Waals surface area contributed by atoms with Crippen molar-refractivity contribution < 1.29 is 0 Å². The number of nitrogens with one attached hydrogen (secondary N) is 2. The number of hydrogen-bond acceptors (Lipinski definition) is 7. The minimum atomic E-state index is 0.290. The van der Waals surface area contributed by atoms with Gasteiger partial charge in [0.05, 0.1) is 29.2 Å². The SMILES string of the molecule is C=N/C=C\C(=N/CNC(C)CCC)c1nn2ccccc2c1-c1ccnc(NC(C)CCC)n1. The van der Waals surface area contributed by atoms with Crippen LogP contribution in [0.5, 0.6) is 0 Å². The van der Waals surface area contributed by atoms with Crippen molar-refractivity contribution in [2.24, 2.45) is 9.98 Å². The molecular weight excluding hydrogens is 424 g/mol. The molecule has 3 aromatic rings. The van der Waals surface area contributed by atoms with Gasteiger partial charge in [-0.2, -0.15) is 5.10 Å². The highest BCUT2D eigenvalue weighted by Crippen LogP contribution is 2.28. The van der Waals surface area contributed by atoms with E-state index < -0.39 is 0 Å². The summed E-state index contributed by atoms with van der Waals surface area (Å²) in [5.41, 5.74) is 4.10. The Hall–Kier alpha value is -3.39. The molecule has 3 aromatic heterocycles. The van der Waals surface area contributed by atoms with Crippen LogP contribution in [0.3, 0.4) is 0 Å². The Labute approximate surface area is 202 Å². The smallest absolute Gasteiger partial charge is 0.223 e. The van der Waals surface area contributed by atoms with Crippen molar-refractivity contribution in [1.82, 2.24) is 24.9 Å². The van der Waals surface area contributed by atoms with Gasteiger partial charge in [-0.15, -0.1) is 0 Å². The molecule has 3 heterocycles. The van der Waals surface area contributed by atoms with Crippen LogP contribution in [0.25, 0.3) is 16.8 Å². The van der Waals surface area contributed by atoms with Crippen LogP contribution in [0.4, 0.5) is 5.95 Å². The second-order valence-corrected chi connectivity index (χ2v) is 8.45. The number of allylic oxidation sites excluding steroid dienone is 1. The molecule has 180 valence electrons. The van der Waals surface area contributed by atoms with Crippen LogP contribution < -0.4 is 10.6 Å². The summed E-state index contributed by atoms with van der Waals surface area (Å²) in [6.45, 7) is 12.7. The van der Waals surface area contributed by atoms with Crippen LogP contribution in [0.15, 0.2) is 58.9 Å². The number of aromatic nitrogens is 4. The van der Waals surface area contributed by atoms with Gasteiger partial charge in [0.1, 0.15) is 5.69 Å².